The molecule has 0 aliphatic carbocycles. The largest absolute Gasteiger partial charge is 0.388 e. The Morgan fingerprint density at radius 1 is 1.38 bits per heavy atom. The van der Waals surface area contributed by atoms with Crippen molar-refractivity contribution in [2.45, 2.75) is 30.8 Å². The molecule has 0 amide bonds. The summed E-state index contributed by atoms with van der Waals surface area (Å²) in [5.41, 5.74) is 6.00. The van der Waals surface area contributed by atoms with Crippen molar-refractivity contribution in [3.8, 4) is 0 Å². The van der Waals surface area contributed by atoms with Crippen LogP contribution in [0.5, 0.6) is 0 Å². The molecule has 2 heterocycles. The van der Waals surface area contributed by atoms with Gasteiger partial charge in [0, 0.05) is 11.9 Å². The molecule has 6 nitrogen and oxygen atoms in total. The molecule has 2 rings (SSSR count). The summed E-state index contributed by atoms with van der Waals surface area (Å²) in [5, 5.41) is 20.4. The highest BCUT2D eigenvalue weighted by Gasteiger charge is 2.46. The Morgan fingerprint density at radius 3 is 2.62 bits per heavy atom. The van der Waals surface area contributed by atoms with Gasteiger partial charge in [0.05, 0.1) is 18.1 Å². The Kier molecular flexibility index (Phi) is 4.73. The molecule has 5 atom stereocenters. The van der Waals surface area contributed by atoms with Crippen LogP contribution in [0.2, 0.25) is 0 Å². The minimum Gasteiger partial charge on any atom is -0.388 e. The van der Waals surface area contributed by atoms with E-state index >= 15 is 0 Å². The molecule has 0 saturated carbocycles. The number of hydrogen-bond donors (Lipinski definition) is 3. The Hall–Kier alpha value is -0.940. The van der Waals surface area contributed by atoms with Crippen molar-refractivity contribution in [1.29, 1.82) is 0 Å². The molecule has 0 bridgehead atoms. The van der Waals surface area contributed by atoms with E-state index in [4.69, 9.17) is 10.5 Å². The van der Waals surface area contributed by atoms with Gasteiger partial charge in [-0.25, -0.2) is 9.98 Å². The summed E-state index contributed by atoms with van der Waals surface area (Å²) in [6, 6.07) is 0. The fraction of sp³-hybridized carbons (Fsp3) is 0.643. The first-order chi connectivity index (χ1) is 9.69. The summed E-state index contributed by atoms with van der Waals surface area (Å²) >= 11 is 0. The van der Waals surface area contributed by atoms with Crippen LogP contribution in [0.25, 0.3) is 0 Å². The van der Waals surface area contributed by atoms with E-state index in [9.17, 15) is 10.2 Å². The molecule has 2 aliphatic rings. The molecule has 0 aromatic carbocycles. The lowest BCUT2D eigenvalue weighted by atomic mass is 9.94. The van der Waals surface area contributed by atoms with Crippen molar-refractivity contribution in [3.05, 3.63) is 12.3 Å². The summed E-state index contributed by atoms with van der Waals surface area (Å²) in [7, 11) is 0. The van der Waals surface area contributed by atoms with Crippen molar-refractivity contribution in [2.24, 2.45) is 21.6 Å². The maximum atomic E-state index is 10.2. The first kappa shape index (κ1) is 16.4. The molecule has 1 fully saturated rings. The molecule has 2 aliphatic heterocycles. The van der Waals surface area contributed by atoms with Crippen LogP contribution in [0.1, 0.15) is 6.42 Å². The fourth-order valence-corrected chi connectivity index (χ4v) is 3.51. The number of nitrogens with zero attached hydrogens (tertiary/aromatic N) is 2. The zero-order valence-corrected chi connectivity index (χ0v) is 13.4. The van der Waals surface area contributed by atoms with Gasteiger partial charge in [0.25, 0.3) is 0 Å². The molecule has 118 valence electrons. The lowest BCUT2D eigenvalue weighted by Crippen LogP contribution is -2.38. The maximum absolute atomic E-state index is 10.2. The van der Waals surface area contributed by atoms with Crippen molar-refractivity contribution in [1.82, 2.24) is 0 Å². The molecule has 0 radical (unpaired) electrons. The van der Waals surface area contributed by atoms with Gasteiger partial charge in [0.2, 0.25) is 5.96 Å². The maximum Gasteiger partial charge on any atom is 0.219 e. The van der Waals surface area contributed by atoms with Crippen LogP contribution in [0.3, 0.4) is 0 Å². The number of rotatable bonds is 4. The van der Waals surface area contributed by atoms with E-state index in [1.165, 1.54) is 0 Å². The molecule has 0 aromatic rings. The molecular weight excluding hydrogens is 289 g/mol. The number of aliphatic imine (C=N–C) groups is 2. The summed E-state index contributed by atoms with van der Waals surface area (Å²) in [4.78, 5) is 7.94. The van der Waals surface area contributed by atoms with Crippen LogP contribution >= 0.6 is 6.89 Å². The molecule has 0 aromatic heterocycles. The topological polar surface area (TPSA) is 100 Å². The molecule has 1 saturated heterocycles. The highest BCUT2D eigenvalue weighted by atomic mass is 31.2. The molecule has 1 unspecified atom stereocenters. The van der Waals surface area contributed by atoms with E-state index < -0.39 is 31.3 Å². The Bertz CT molecular complexity index is 526. The lowest BCUT2D eigenvalue weighted by molar-refractivity contribution is -0.00345. The van der Waals surface area contributed by atoms with Crippen molar-refractivity contribution >= 4 is 25.4 Å². The van der Waals surface area contributed by atoms with Gasteiger partial charge >= 0.3 is 0 Å². The molecule has 21 heavy (non-hydrogen) atoms. The van der Waals surface area contributed by atoms with Crippen molar-refractivity contribution in [3.63, 3.8) is 0 Å². The number of ether oxygens (including phenoxy) is 1. The third-order valence-electron chi connectivity index (χ3n) is 3.78. The molecule has 4 N–H and O–H groups in total. The summed E-state index contributed by atoms with van der Waals surface area (Å²) < 4.78 is 5.85. The van der Waals surface area contributed by atoms with Crippen LogP contribution in [0, 0.1) is 5.92 Å². The first-order valence-corrected chi connectivity index (χ1v) is 10.0. The average Bonchev–Trinajstić information content (AvgIpc) is 2.64. The first-order valence-electron chi connectivity index (χ1n) is 6.95. The van der Waals surface area contributed by atoms with Gasteiger partial charge in [-0.15, -0.1) is 13.2 Å². The minimum atomic E-state index is -1.19. The summed E-state index contributed by atoms with van der Waals surface area (Å²) in [6.45, 7) is 6.90. The molecule has 7 heteroatoms. The van der Waals surface area contributed by atoms with Gasteiger partial charge in [0.1, 0.15) is 12.2 Å². The third kappa shape index (κ3) is 3.83. The highest BCUT2D eigenvalue weighted by molar-refractivity contribution is 7.72. The molecular formula is C14H24N3O3P. The Labute approximate surface area is 125 Å². The van der Waals surface area contributed by atoms with E-state index in [-0.39, 0.29) is 11.9 Å². The standard InChI is InChI=1S/C14H24N3O3P/c1-8-9(7-16-14(15)17-8)13-12(19)11(18)10(20-13)5-6-21(2,3)4/h7,9-13,18-19H,1-2,5-6H2,3-4H3,(H2,15,17)/t9?,10-,11-,12-,13+/m1/s1. The smallest absolute Gasteiger partial charge is 0.219 e. The second-order valence-electron chi connectivity index (χ2n) is 6.33. The van der Waals surface area contributed by atoms with E-state index in [0.717, 1.165) is 6.16 Å². The van der Waals surface area contributed by atoms with E-state index in [1.54, 1.807) is 6.21 Å². The van der Waals surface area contributed by atoms with Gasteiger partial charge < -0.3 is 20.7 Å². The fourth-order valence-electron chi connectivity index (χ4n) is 2.56. The highest BCUT2D eigenvalue weighted by Crippen LogP contribution is 2.39. The summed E-state index contributed by atoms with van der Waals surface area (Å²) in [5.74, 6) is -0.223. The predicted octanol–water partition coefficient (Wildman–Crippen LogP) is 0.104. The van der Waals surface area contributed by atoms with Crippen LogP contribution in [-0.2, 0) is 4.74 Å². The Morgan fingerprint density at radius 2 is 2.05 bits per heavy atom. The van der Waals surface area contributed by atoms with Gasteiger partial charge in [-0.2, -0.15) is 0 Å². The zero-order chi connectivity index (χ0) is 15.8. The SMILES string of the molecule is C=C1N=C(N)N=CC1[C@@H]1O[C@H](CCP(=C)(C)C)[C@@H](O)[C@H]1O. The van der Waals surface area contributed by atoms with Crippen LogP contribution in [0.15, 0.2) is 22.3 Å². The zero-order valence-electron chi connectivity index (χ0n) is 12.5. The van der Waals surface area contributed by atoms with Gasteiger partial charge in [0.15, 0.2) is 0 Å². The predicted molar refractivity (Wildman–Crippen MR) is 88.8 cm³/mol. The van der Waals surface area contributed by atoms with Crippen molar-refractivity contribution < 1.29 is 14.9 Å². The van der Waals surface area contributed by atoms with E-state index in [1.807, 2.05) is 0 Å². The van der Waals surface area contributed by atoms with Crippen LogP contribution in [0.4, 0.5) is 0 Å². The van der Waals surface area contributed by atoms with Crippen LogP contribution < -0.4 is 5.73 Å². The number of hydrogen-bond acceptors (Lipinski definition) is 6. The number of aliphatic hydroxyl groups is 2. The van der Waals surface area contributed by atoms with Gasteiger partial charge in [-0.05, 0) is 25.9 Å². The number of nitrogens with two attached hydrogens (primary N) is 1. The van der Waals surface area contributed by atoms with E-state index in [2.05, 4.69) is 36.2 Å². The monoisotopic (exact) mass is 313 g/mol. The van der Waals surface area contributed by atoms with E-state index in [0.29, 0.717) is 12.1 Å². The third-order valence-corrected chi connectivity index (χ3v) is 5.25. The summed E-state index contributed by atoms with van der Waals surface area (Å²) in [6.07, 6.45) is 4.43. The lowest BCUT2D eigenvalue weighted by Gasteiger charge is -2.24. The quantitative estimate of drug-likeness (QED) is 0.641. The molecule has 0 spiro atoms. The van der Waals surface area contributed by atoms with Crippen LogP contribution in [-0.4, -0.2) is 72.6 Å². The minimum absolute atomic E-state index is 0.143. The second-order valence-corrected chi connectivity index (χ2v) is 10.7. The number of guanidine groups is 1. The van der Waals surface area contributed by atoms with Gasteiger partial charge in [-0.1, -0.05) is 6.58 Å². The number of aliphatic hydroxyl groups excluding tert-OH is 2. The average molecular weight is 313 g/mol. The second kappa shape index (κ2) is 6.05. The van der Waals surface area contributed by atoms with Gasteiger partial charge in [-0.3, -0.25) is 0 Å². The normalized spacial score (nSPS) is 36.9. The Balaban J connectivity index is 2.05. The van der Waals surface area contributed by atoms with Crippen molar-refractivity contribution in [2.75, 3.05) is 19.5 Å².